The van der Waals surface area contributed by atoms with E-state index in [1.165, 1.54) is 5.56 Å². The molecule has 2 fully saturated rings. The van der Waals surface area contributed by atoms with E-state index in [0.717, 1.165) is 11.3 Å². The number of benzene rings is 1. The molecule has 4 amide bonds. The van der Waals surface area contributed by atoms with Crippen molar-refractivity contribution in [1.29, 1.82) is 0 Å². The number of carbonyl (C=O) groups is 3. The lowest BCUT2D eigenvalue weighted by atomic mass is 9.88. The standard InChI is InChI=1S/C17H21N3O3/c1-16(2)10-17(16,12-6-4-3-5-7-12)11-19-13(21)9-20-14(22)8-18-15(20)23/h3-7H,8-11H2,1-2H3,(H,18,23)(H,19,21). The van der Waals surface area contributed by atoms with Gasteiger partial charge in [0.2, 0.25) is 5.91 Å². The molecule has 2 N–H and O–H groups in total. The van der Waals surface area contributed by atoms with Gasteiger partial charge in [-0.15, -0.1) is 0 Å². The number of hydrogen-bond donors (Lipinski definition) is 2. The van der Waals surface area contributed by atoms with Gasteiger partial charge in [-0.1, -0.05) is 44.2 Å². The second-order valence-corrected chi connectivity index (χ2v) is 6.92. The predicted molar refractivity (Wildman–Crippen MR) is 84.6 cm³/mol. The number of hydrogen-bond acceptors (Lipinski definition) is 3. The van der Waals surface area contributed by atoms with E-state index in [4.69, 9.17) is 0 Å². The highest BCUT2D eigenvalue weighted by molar-refractivity contribution is 6.04. The van der Waals surface area contributed by atoms with Gasteiger partial charge >= 0.3 is 6.03 Å². The molecular formula is C17H21N3O3. The Morgan fingerprint density at radius 2 is 1.91 bits per heavy atom. The smallest absolute Gasteiger partial charge is 0.325 e. The maximum absolute atomic E-state index is 12.1. The van der Waals surface area contributed by atoms with E-state index in [1.54, 1.807) is 0 Å². The summed E-state index contributed by atoms with van der Waals surface area (Å²) in [6, 6.07) is 9.63. The quantitative estimate of drug-likeness (QED) is 0.796. The van der Waals surface area contributed by atoms with E-state index >= 15 is 0 Å². The van der Waals surface area contributed by atoms with Crippen molar-refractivity contribution in [2.75, 3.05) is 19.6 Å². The van der Waals surface area contributed by atoms with E-state index in [1.807, 2.05) is 18.2 Å². The van der Waals surface area contributed by atoms with E-state index < -0.39 is 6.03 Å². The summed E-state index contributed by atoms with van der Waals surface area (Å²) in [4.78, 5) is 36.1. The fourth-order valence-corrected chi connectivity index (χ4v) is 3.43. The first kappa shape index (κ1) is 15.5. The number of amides is 4. The van der Waals surface area contributed by atoms with E-state index in [9.17, 15) is 14.4 Å². The van der Waals surface area contributed by atoms with Crippen molar-refractivity contribution in [3.05, 3.63) is 35.9 Å². The van der Waals surface area contributed by atoms with Crippen LogP contribution in [0.25, 0.3) is 0 Å². The Labute approximate surface area is 135 Å². The number of nitrogens with zero attached hydrogens (tertiary/aromatic N) is 1. The molecule has 1 aliphatic heterocycles. The molecule has 1 aliphatic carbocycles. The zero-order valence-electron chi connectivity index (χ0n) is 13.4. The molecule has 1 saturated heterocycles. The van der Waals surface area contributed by atoms with Crippen LogP contribution >= 0.6 is 0 Å². The molecule has 1 aromatic carbocycles. The highest BCUT2D eigenvalue weighted by Gasteiger charge is 2.61. The van der Waals surface area contributed by atoms with Gasteiger partial charge < -0.3 is 10.6 Å². The van der Waals surface area contributed by atoms with Gasteiger partial charge in [0.1, 0.15) is 6.54 Å². The Morgan fingerprint density at radius 1 is 1.26 bits per heavy atom. The minimum atomic E-state index is -0.505. The molecule has 1 heterocycles. The van der Waals surface area contributed by atoms with Crippen molar-refractivity contribution >= 4 is 17.8 Å². The normalized spacial score (nSPS) is 25.2. The van der Waals surface area contributed by atoms with Crippen LogP contribution in [0.4, 0.5) is 4.79 Å². The first-order valence-corrected chi connectivity index (χ1v) is 7.76. The average molecular weight is 315 g/mol. The molecule has 1 unspecified atom stereocenters. The lowest BCUT2D eigenvalue weighted by Crippen LogP contribution is -2.43. The molecule has 1 saturated carbocycles. The topological polar surface area (TPSA) is 78.5 Å². The van der Waals surface area contributed by atoms with E-state index in [2.05, 4.69) is 36.6 Å². The molecule has 6 heteroatoms. The van der Waals surface area contributed by atoms with Crippen LogP contribution in [0, 0.1) is 5.41 Å². The molecule has 6 nitrogen and oxygen atoms in total. The van der Waals surface area contributed by atoms with Gasteiger partial charge in [-0.25, -0.2) is 4.79 Å². The van der Waals surface area contributed by atoms with Crippen LogP contribution in [0.2, 0.25) is 0 Å². The third-order valence-corrected chi connectivity index (χ3v) is 5.07. The molecule has 2 aliphatic rings. The van der Waals surface area contributed by atoms with Gasteiger partial charge in [0.05, 0.1) is 6.54 Å². The summed E-state index contributed by atoms with van der Waals surface area (Å²) < 4.78 is 0. The average Bonchev–Trinajstić information content (AvgIpc) is 2.98. The first-order valence-electron chi connectivity index (χ1n) is 7.76. The first-order chi connectivity index (χ1) is 10.9. The van der Waals surface area contributed by atoms with Crippen molar-refractivity contribution in [2.24, 2.45) is 5.41 Å². The van der Waals surface area contributed by atoms with Crippen LogP contribution < -0.4 is 10.6 Å². The monoisotopic (exact) mass is 315 g/mol. The molecule has 1 aromatic rings. The summed E-state index contributed by atoms with van der Waals surface area (Å²) in [5.74, 6) is -0.678. The zero-order chi connectivity index (χ0) is 16.7. The number of imide groups is 1. The second kappa shape index (κ2) is 5.37. The van der Waals surface area contributed by atoms with E-state index in [0.29, 0.717) is 6.54 Å². The SMILES string of the molecule is CC1(C)CC1(CNC(=O)CN1C(=O)CNC1=O)c1ccccc1. The van der Waals surface area contributed by atoms with Crippen LogP contribution in [-0.4, -0.2) is 42.4 Å². The van der Waals surface area contributed by atoms with Crippen LogP contribution in [0.1, 0.15) is 25.8 Å². The lowest BCUT2D eigenvalue weighted by Gasteiger charge is -2.22. The summed E-state index contributed by atoms with van der Waals surface area (Å²) >= 11 is 0. The maximum atomic E-state index is 12.1. The van der Waals surface area contributed by atoms with Gasteiger partial charge in [0.15, 0.2) is 0 Å². The Morgan fingerprint density at radius 3 is 2.43 bits per heavy atom. The minimum absolute atomic E-state index is 0.0346. The van der Waals surface area contributed by atoms with Crippen LogP contribution in [0.3, 0.4) is 0 Å². The summed E-state index contributed by atoms with van der Waals surface area (Å²) in [6.45, 7) is 4.61. The fraction of sp³-hybridized carbons (Fsp3) is 0.471. The summed E-state index contributed by atoms with van der Waals surface area (Å²) in [6.07, 6.45) is 0.993. The largest absolute Gasteiger partial charge is 0.354 e. The Hall–Kier alpha value is -2.37. The van der Waals surface area contributed by atoms with Gasteiger partial charge in [-0.2, -0.15) is 0 Å². The molecular weight excluding hydrogens is 294 g/mol. The summed E-state index contributed by atoms with van der Waals surface area (Å²) in [5.41, 5.74) is 1.24. The Bertz CT molecular complexity index is 640. The molecule has 0 bridgehead atoms. The number of urea groups is 1. The van der Waals surface area contributed by atoms with Gasteiger partial charge in [0, 0.05) is 12.0 Å². The minimum Gasteiger partial charge on any atom is -0.354 e. The number of nitrogens with one attached hydrogen (secondary N) is 2. The number of carbonyl (C=O) groups excluding carboxylic acids is 3. The van der Waals surface area contributed by atoms with Gasteiger partial charge in [-0.3, -0.25) is 14.5 Å². The molecule has 0 spiro atoms. The Balaban J connectivity index is 1.64. The molecule has 1 atom stereocenters. The second-order valence-electron chi connectivity index (χ2n) is 6.92. The summed E-state index contributed by atoms with van der Waals surface area (Å²) in [7, 11) is 0. The molecule has 0 radical (unpaired) electrons. The van der Waals surface area contributed by atoms with Crippen LogP contribution in [0.5, 0.6) is 0 Å². The Kier molecular flexibility index (Phi) is 3.62. The van der Waals surface area contributed by atoms with Gasteiger partial charge in [0.25, 0.3) is 5.91 Å². The van der Waals surface area contributed by atoms with Crippen LogP contribution in [0.15, 0.2) is 30.3 Å². The van der Waals surface area contributed by atoms with Crippen molar-refractivity contribution < 1.29 is 14.4 Å². The predicted octanol–water partition coefficient (Wildman–Crippen LogP) is 1.02. The van der Waals surface area contributed by atoms with Crippen molar-refractivity contribution in [3.63, 3.8) is 0 Å². The van der Waals surface area contributed by atoms with Crippen molar-refractivity contribution in [3.8, 4) is 0 Å². The highest BCUT2D eigenvalue weighted by Crippen LogP contribution is 2.63. The zero-order valence-corrected chi connectivity index (χ0v) is 13.4. The highest BCUT2D eigenvalue weighted by atomic mass is 16.2. The molecule has 0 aromatic heterocycles. The summed E-state index contributed by atoms with van der Waals surface area (Å²) in [5, 5.41) is 5.30. The molecule has 23 heavy (non-hydrogen) atoms. The number of rotatable bonds is 5. The third-order valence-electron chi connectivity index (χ3n) is 5.07. The lowest BCUT2D eigenvalue weighted by molar-refractivity contribution is -0.130. The van der Waals surface area contributed by atoms with Crippen LogP contribution in [-0.2, 0) is 15.0 Å². The van der Waals surface area contributed by atoms with Gasteiger partial charge in [-0.05, 0) is 17.4 Å². The molecule has 122 valence electrons. The fourth-order valence-electron chi connectivity index (χ4n) is 3.43. The third kappa shape index (κ3) is 2.69. The maximum Gasteiger partial charge on any atom is 0.325 e. The van der Waals surface area contributed by atoms with Crippen molar-refractivity contribution in [1.82, 2.24) is 15.5 Å². The van der Waals surface area contributed by atoms with Crippen molar-refractivity contribution in [2.45, 2.75) is 25.7 Å². The molecule has 3 rings (SSSR count). The van der Waals surface area contributed by atoms with E-state index in [-0.39, 0.29) is 35.7 Å².